The molecule has 1 aromatic rings. The number of unbranched alkanes of at least 4 members (excludes halogenated alkanes) is 2. The fourth-order valence-corrected chi connectivity index (χ4v) is 3.16. The molecule has 0 unspecified atom stereocenters. The number of hydrogen-bond donors (Lipinski definition) is 1. The van der Waals surface area contributed by atoms with Crippen LogP contribution in [0, 0.1) is 17.5 Å². The quantitative estimate of drug-likeness (QED) is 0.456. The molecule has 0 aliphatic carbocycles. The van der Waals surface area contributed by atoms with Crippen molar-refractivity contribution in [1.82, 2.24) is 0 Å². The van der Waals surface area contributed by atoms with Gasteiger partial charge in [-0.1, -0.05) is 6.42 Å². The van der Waals surface area contributed by atoms with Gasteiger partial charge < -0.3 is 13.6 Å². The third-order valence-corrected chi connectivity index (χ3v) is 5.43. The van der Waals surface area contributed by atoms with Crippen LogP contribution in [0.15, 0.2) is 12.1 Å². The fraction of sp³-hybridized carbons (Fsp3) is 0.538. The SMILES string of the molecule is CO[Si](O)(CCCCCc1cc(F)c(F)cc1F)OC. The Morgan fingerprint density at radius 1 is 0.950 bits per heavy atom. The maximum atomic E-state index is 13.4. The first-order valence-corrected chi connectivity index (χ1v) is 8.35. The van der Waals surface area contributed by atoms with E-state index in [4.69, 9.17) is 8.85 Å². The molecule has 0 aromatic heterocycles. The average molecular weight is 308 g/mol. The van der Waals surface area contributed by atoms with Crippen LogP contribution in [0.5, 0.6) is 0 Å². The molecule has 0 spiro atoms. The zero-order valence-electron chi connectivity index (χ0n) is 11.6. The standard InChI is InChI=1S/C13H19F3O3Si/c1-18-20(17,19-2)7-5-3-4-6-10-8-12(15)13(16)9-11(10)14/h8-9,17H,3-7H2,1-2H3. The lowest BCUT2D eigenvalue weighted by atomic mass is 10.1. The fourth-order valence-electron chi connectivity index (χ4n) is 1.88. The minimum absolute atomic E-state index is 0.162. The first-order valence-electron chi connectivity index (χ1n) is 6.38. The predicted molar refractivity (Wildman–Crippen MR) is 70.7 cm³/mol. The Hall–Kier alpha value is -0.893. The molecule has 20 heavy (non-hydrogen) atoms. The van der Waals surface area contributed by atoms with E-state index in [9.17, 15) is 18.0 Å². The molecule has 0 aliphatic heterocycles. The molecule has 0 amide bonds. The third-order valence-electron chi connectivity index (χ3n) is 3.17. The molecule has 1 rings (SSSR count). The van der Waals surface area contributed by atoms with Crippen LogP contribution in [0.2, 0.25) is 6.04 Å². The Labute approximate surface area is 117 Å². The van der Waals surface area contributed by atoms with Gasteiger partial charge in [-0.05, 0) is 30.9 Å². The second kappa shape index (κ2) is 7.77. The summed E-state index contributed by atoms with van der Waals surface area (Å²) in [5.41, 5.74) is 0.162. The van der Waals surface area contributed by atoms with Gasteiger partial charge in [-0.15, -0.1) is 0 Å². The summed E-state index contributed by atoms with van der Waals surface area (Å²) < 4.78 is 48.9. The van der Waals surface area contributed by atoms with Crippen molar-refractivity contribution in [2.75, 3.05) is 14.2 Å². The molecule has 0 saturated carbocycles. The van der Waals surface area contributed by atoms with Gasteiger partial charge in [0.05, 0.1) is 0 Å². The van der Waals surface area contributed by atoms with Crippen molar-refractivity contribution in [3.63, 3.8) is 0 Å². The summed E-state index contributed by atoms with van der Waals surface area (Å²) in [7, 11) is -0.247. The highest BCUT2D eigenvalue weighted by Crippen LogP contribution is 2.18. The number of aryl methyl sites for hydroxylation is 1. The smallest absolute Gasteiger partial charge is 0.390 e. The van der Waals surface area contributed by atoms with Crippen molar-refractivity contribution in [3.8, 4) is 0 Å². The summed E-state index contributed by atoms with van der Waals surface area (Å²) in [6.45, 7) is 0. The van der Waals surface area contributed by atoms with Crippen molar-refractivity contribution in [2.24, 2.45) is 0 Å². The molecule has 0 heterocycles. The summed E-state index contributed by atoms with van der Waals surface area (Å²) in [4.78, 5) is 9.80. The molecule has 1 aromatic carbocycles. The van der Waals surface area contributed by atoms with E-state index in [-0.39, 0.29) is 5.56 Å². The zero-order valence-corrected chi connectivity index (χ0v) is 12.6. The van der Waals surface area contributed by atoms with E-state index >= 15 is 0 Å². The van der Waals surface area contributed by atoms with Crippen LogP contribution in [0.25, 0.3) is 0 Å². The molecule has 0 saturated heterocycles. The average Bonchev–Trinajstić information content (AvgIpc) is 2.43. The van der Waals surface area contributed by atoms with Gasteiger partial charge in [0, 0.05) is 26.3 Å². The number of halogens is 3. The van der Waals surface area contributed by atoms with Gasteiger partial charge >= 0.3 is 8.80 Å². The molecule has 7 heteroatoms. The van der Waals surface area contributed by atoms with Gasteiger partial charge in [-0.25, -0.2) is 13.2 Å². The minimum Gasteiger partial charge on any atom is -0.390 e. The van der Waals surface area contributed by atoms with Crippen molar-refractivity contribution in [1.29, 1.82) is 0 Å². The van der Waals surface area contributed by atoms with E-state index in [2.05, 4.69) is 0 Å². The lowest BCUT2D eigenvalue weighted by Crippen LogP contribution is -2.39. The highest BCUT2D eigenvalue weighted by atomic mass is 28.4. The van der Waals surface area contributed by atoms with Crippen molar-refractivity contribution < 1.29 is 26.8 Å². The Kier molecular flexibility index (Phi) is 6.67. The Morgan fingerprint density at radius 3 is 2.15 bits per heavy atom. The van der Waals surface area contributed by atoms with Gasteiger partial charge in [-0.2, -0.15) is 0 Å². The molecule has 1 N–H and O–H groups in total. The highest BCUT2D eigenvalue weighted by Gasteiger charge is 2.33. The topological polar surface area (TPSA) is 38.7 Å². The Bertz CT molecular complexity index is 439. The largest absolute Gasteiger partial charge is 0.497 e. The van der Waals surface area contributed by atoms with Gasteiger partial charge in [0.2, 0.25) is 0 Å². The summed E-state index contributed by atoms with van der Waals surface area (Å²) in [5.74, 6) is -2.95. The molecule has 114 valence electrons. The second-order valence-corrected chi connectivity index (χ2v) is 7.28. The summed E-state index contributed by atoms with van der Waals surface area (Å²) in [6.07, 6.45) is 2.30. The van der Waals surface area contributed by atoms with Crippen LogP contribution < -0.4 is 0 Å². The van der Waals surface area contributed by atoms with Gasteiger partial charge in [-0.3, -0.25) is 0 Å². The van der Waals surface area contributed by atoms with E-state index in [0.717, 1.165) is 6.07 Å². The van der Waals surface area contributed by atoms with E-state index in [1.54, 1.807) is 0 Å². The molecule has 0 radical (unpaired) electrons. The first-order chi connectivity index (χ1) is 9.41. The van der Waals surface area contributed by atoms with E-state index in [1.807, 2.05) is 0 Å². The molecular formula is C13H19F3O3Si. The van der Waals surface area contributed by atoms with Crippen LogP contribution in [0.1, 0.15) is 24.8 Å². The summed E-state index contributed by atoms with van der Waals surface area (Å²) in [5, 5.41) is 0. The maximum Gasteiger partial charge on any atom is 0.497 e. The van der Waals surface area contributed by atoms with Crippen LogP contribution in [-0.4, -0.2) is 27.8 Å². The molecule has 0 aliphatic rings. The van der Waals surface area contributed by atoms with Crippen LogP contribution in [0.3, 0.4) is 0 Å². The zero-order chi connectivity index (χ0) is 15.2. The van der Waals surface area contributed by atoms with Crippen LogP contribution >= 0.6 is 0 Å². The lowest BCUT2D eigenvalue weighted by molar-refractivity contribution is 0.150. The first kappa shape index (κ1) is 17.2. The van der Waals surface area contributed by atoms with E-state index < -0.39 is 26.3 Å². The van der Waals surface area contributed by atoms with Crippen molar-refractivity contribution in [2.45, 2.75) is 31.7 Å². The third kappa shape index (κ3) is 4.90. The molecule has 3 nitrogen and oxygen atoms in total. The summed E-state index contributed by atoms with van der Waals surface area (Å²) in [6, 6.07) is 1.87. The number of rotatable bonds is 8. The monoisotopic (exact) mass is 308 g/mol. The predicted octanol–water partition coefficient (Wildman–Crippen LogP) is 3.04. The van der Waals surface area contributed by atoms with Crippen molar-refractivity contribution in [3.05, 3.63) is 35.1 Å². The summed E-state index contributed by atoms with van der Waals surface area (Å²) >= 11 is 0. The molecular weight excluding hydrogens is 289 g/mol. The second-order valence-electron chi connectivity index (χ2n) is 4.54. The van der Waals surface area contributed by atoms with Crippen molar-refractivity contribution >= 4 is 8.80 Å². The van der Waals surface area contributed by atoms with E-state index in [0.29, 0.717) is 37.8 Å². The molecule has 0 atom stereocenters. The van der Waals surface area contributed by atoms with Crippen LogP contribution in [0.4, 0.5) is 13.2 Å². The van der Waals surface area contributed by atoms with Gasteiger partial charge in [0.15, 0.2) is 11.6 Å². The minimum atomic E-state index is -3.04. The van der Waals surface area contributed by atoms with Gasteiger partial charge in [0.1, 0.15) is 5.82 Å². The Morgan fingerprint density at radius 2 is 1.55 bits per heavy atom. The number of hydrogen-bond acceptors (Lipinski definition) is 3. The normalized spacial score (nSPS) is 11.9. The van der Waals surface area contributed by atoms with E-state index in [1.165, 1.54) is 14.2 Å². The van der Waals surface area contributed by atoms with Gasteiger partial charge in [0.25, 0.3) is 0 Å². The molecule has 0 bridgehead atoms. The molecule has 0 fully saturated rings. The van der Waals surface area contributed by atoms with Crippen LogP contribution in [-0.2, 0) is 15.3 Å². The lowest BCUT2D eigenvalue weighted by Gasteiger charge is -2.19. The highest BCUT2D eigenvalue weighted by molar-refractivity contribution is 6.59. The Balaban J connectivity index is 2.37. The maximum absolute atomic E-state index is 13.4. The number of benzene rings is 1.